The minimum atomic E-state index is 0.389. The molecule has 0 spiro atoms. The van der Waals surface area contributed by atoms with E-state index in [0.29, 0.717) is 22.7 Å². The predicted molar refractivity (Wildman–Crippen MR) is 177 cm³/mol. The van der Waals surface area contributed by atoms with E-state index >= 15 is 0 Å². The Morgan fingerprint density at radius 2 is 1.27 bits per heavy atom. The normalized spacial score (nSPS) is 11.2. The standard InChI is InChI=1S/C20H21N7.C13H11ClN4/c1-12(2)14-8-20(25-22-10-14)24-19-6-5-17-18(23-19)7-15(9-21-17)16-11-27(4)26-13(16)3;1-8-10(7-18(2)17-8)9-5-12-11(15-6-9)3-4-13(14)16-12/h5-12H,1-4H3,(H,23,24,25);3-7H,1-2H3. The van der Waals surface area contributed by atoms with Crippen molar-refractivity contribution in [3.05, 3.63) is 95.6 Å². The van der Waals surface area contributed by atoms with Crippen molar-refractivity contribution in [3.8, 4) is 22.3 Å². The van der Waals surface area contributed by atoms with Crippen LogP contribution in [-0.4, -0.2) is 49.7 Å². The first-order valence-electron chi connectivity index (χ1n) is 14.4. The SMILES string of the molecule is Cc1nn(C)cc1-c1cnc2ccc(Cl)nc2c1.Cc1nn(C)cc1-c1cnc2ccc(Nc3cc(C(C)C)cnn3)nc2c1. The molecule has 0 amide bonds. The summed E-state index contributed by atoms with van der Waals surface area (Å²) < 4.78 is 3.60. The topological polar surface area (TPSA) is 125 Å². The Balaban J connectivity index is 0.000000172. The highest BCUT2D eigenvalue weighted by Crippen LogP contribution is 2.27. The van der Waals surface area contributed by atoms with Gasteiger partial charge < -0.3 is 5.32 Å². The van der Waals surface area contributed by atoms with Crippen LogP contribution in [-0.2, 0) is 14.1 Å². The van der Waals surface area contributed by atoms with Gasteiger partial charge in [-0.15, -0.1) is 5.10 Å². The molecule has 1 N–H and O–H groups in total. The van der Waals surface area contributed by atoms with E-state index in [2.05, 4.69) is 54.5 Å². The summed E-state index contributed by atoms with van der Waals surface area (Å²) in [5.74, 6) is 1.78. The first-order valence-corrected chi connectivity index (χ1v) is 14.8. The fourth-order valence-corrected chi connectivity index (χ4v) is 5.16. The molecule has 7 aromatic heterocycles. The van der Waals surface area contributed by atoms with E-state index in [9.17, 15) is 0 Å². The number of fused-ring (bicyclic) bond motifs is 2. The number of anilines is 2. The number of aromatic nitrogens is 10. The molecular formula is C33H32ClN11. The van der Waals surface area contributed by atoms with Crippen molar-refractivity contribution in [2.75, 3.05) is 5.32 Å². The Kier molecular flexibility index (Phi) is 8.18. The monoisotopic (exact) mass is 617 g/mol. The molecule has 7 aromatic rings. The molecular weight excluding hydrogens is 586 g/mol. The first-order chi connectivity index (χ1) is 21.6. The summed E-state index contributed by atoms with van der Waals surface area (Å²) in [4.78, 5) is 17.9. The number of pyridine rings is 4. The fraction of sp³-hybridized carbons (Fsp3) is 0.212. The maximum absolute atomic E-state index is 5.90. The summed E-state index contributed by atoms with van der Waals surface area (Å²) in [6, 6.07) is 13.5. The number of aryl methyl sites for hydroxylation is 4. The second kappa shape index (κ2) is 12.4. The average Bonchev–Trinajstić information content (AvgIpc) is 3.55. The molecule has 226 valence electrons. The van der Waals surface area contributed by atoms with E-state index in [1.807, 2.05) is 89.1 Å². The van der Waals surface area contributed by atoms with Crippen LogP contribution in [0.3, 0.4) is 0 Å². The average molecular weight is 618 g/mol. The Morgan fingerprint density at radius 1 is 0.689 bits per heavy atom. The van der Waals surface area contributed by atoms with Gasteiger partial charge in [0.05, 0.1) is 39.7 Å². The number of nitrogens with zero attached hydrogens (tertiary/aromatic N) is 10. The van der Waals surface area contributed by atoms with Crippen molar-refractivity contribution in [1.29, 1.82) is 0 Å². The molecule has 0 bridgehead atoms. The van der Waals surface area contributed by atoms with E-state index in [4.69, 9.17) is 16.6 Å². The van der Waals surface area contributed by atoms with Crippen LogP contribution in [0, 0.1) is 13.8 Å². The molecule has 45 heavy (non-hydrogen) atoms. The lowest BCUT2D eigenvalue weighted by Gasteiger charge is -2.09. The summed E-state index contributed by atoms with van der Waals surface area (Å²) >= 11 is 5.90. The predicted octanol–water partition coefficient (Wildman–Crippen LogP) is 6.99. The van der Waals surface area contributed by atoms with Gasteiger partial charge in [-0.2, -0.15) is 15.3 Å². The number of nitrogens with one attached hydrogen (secondary N) is 1. The molecule has 0 saturated heterocycles. The Labute approximate surface area is 265 Å². The zero-order valence-corrected chi connectivity index (χ0v) is 26.6. The van der Waals surface area contributed by atoms with Gasteiger partial charge in [0, 0.05) is 61.1 Å². The fourth-order valence-electron chi connectivity index (χ4n) is 5.01. The van der Waals surface area contributed by atoms with Crippen LogP contribution in [0.25, 0.3) is 44.3 Å². The molecule has 0 aliphatic heterocycles. The van der Waals surface area contributed by atoms with Crippen LogP contribution in [0.5, 0.6) is 0 Å². The molecule has 0 unspecified atom stereocenters. The van der Waals surface area contributed by atoms with Crippen molar-refractivity contribution in [1.82, 2.24) is 49.7 Å². The second-order valence-electron chi connectivity index (χ2n) is 11.1. The summed E-state index contributed by atoms with van der Waals surface area (Å²) in [6.45, 7) is 8.22. The van der Waals surface area contributed by atoms with E-state index in [1.54, 1.807) is 21.6 Å². The van der Waals surface area contributed by atoms with Gasteiger partial charge in [0.2, 0.25) is 0 Å². The van der Waals surface area contributed by atoms with Crippen LogP contribution in [0.1, 0.15) is 36.7 Å². The van der Waals surface area contributed by atoms with Gasteiger partial charge in [0.1, 0.15) is 11.0 Å². The molecule has 0 saturated carbocycles. The summed E-state index contributed by atoms with van der Waals surface area (Å²) in [7, 11) is 3.82. The van der Waals surface area contributed by atoms with Gasteiger partial charge in [0.25, 0.3) is 0 Å². The van der Waals surface area contributed by atoms with Crippen LogP contribution < -0.4 is 5.32 Å². The molecule has 0 aromatic carbocycles. The number of hydrogen-bond donors (Lipinski definition) is 1. The van der Waals surface area contributed by atoms with E-state index in [1.165, 1.54) is 0 Å². The molecule has 0 aliphatic carbocycles. The summed E-state index contributed by atoms with van der Waals surface area (Å²) in [6.07, 6.45) is 9.45. The molecule has 7 heterocycles. The van der Waals surface area contributed by atoms with Gasteiger partial charge in [-0.1, -0.05) is 25.4 Å². The van der Waals surface area contributed by atoms with Gasteiger partial charge in [-0.25, -0.2) is 9.97 Å². The second-order valence-corrected chi connectivity index (χ2v) is 11.5. The molecule has 11 nitrogen and oxygen atoms in total. The maximum Gasteiger partial charge on any atom is 0.154 e. The number of rotatable bonds is 5. The third-order valence-electron chi connectivity index (χ3n) is 7.29. The van der Waals surface area contributed by atoms with E-state index in [-0.39, 0.29) is 0 Å². The van der Waals surface area contributed by atoms with E-state index in [0.717, 1.165) is 61.3 Å². The molecule has 12 heteroatoms. The maximum atomic E-state index is 5.90. The van der Waals surface area contributed by atoms with Crippen LogP contribution in [0.2, 0.25) is 5.15 Å². The van der Waals surface area contributed by atoms with Gasteiger partial charge in [-0.3, -0.25) is 19.3 Å². The van der Waals surface area contributed by atoms with Gasteiger partial charge in [0.15, 0.2) is 5.82 Å². The summed E-state index contributed by atoms with van der Waals surface area (Å²) in [5, 5.41) is 20.7. The van der Waals surface area contributed by atoms with Crippen molar-refractivity contribution in [3.63, 3.8) is 0 Å². The quantitative estimate of drug-likeness (QED) is 0.203. The van der Waals surface area contributed by atoms with E-state index < -0.39 is 0 Å². The largest absolute Gasteiger partial charge is 0.323 e. The van der Waals surface area contributed by atoms with Crippen molar-refractivity contribution in [2.45, 2.75) is 33.6 Å². The third-order valence-corrected chi connectivity index (χ3v) is 7.50. The molecule has 0 aliphatic rings. The summed E-state index contributed by atoms with van der Waals surface area (Å²) in [5.41, 5.74) is 10.5. The number of halogens is 1. The smallest absolute Gasteiger partial charge is 0.154 e. The van der Waals surface area contributed by atoms with Crippen LogP contribution in [0.4, 0.5) is 11.6 Å². The highest BCUT2D eigenvalue weighted by atomic mass is 35.5. The van der Waals surface area contributed by atoms with Crippen molar-refractivity contribution >= 4 is 45.3 Å². The molecule has 0 fully saturated rings. The first kappa shape index (κ1) is 29.8. The lowest BCUT2D eigenvalue weighted by atomic mass is 10.1. The highest BCUT2D eigenvalue weighted by Gasteiger charge is 2.10. The minimum Gasteiger partial charge on any atom is -0.323 e. The Bertz CT molecular complexity index is 2150. The van der Waals surface area contributed by atoms with Crippen LogP contribution in [0.15, 0.2) is 73.4 Å². The molecule has 7 rings (SSSR count). The minimum absolute atomic E-state index is 0.389. The third kappa shape index (κ3) is 6.63. The van der Waals surface area contributed by atoms with Crippen molar-refractivity contribution in [2.24, 2.45) is 14.1 Å². The molecule has 0 radical (unpaired) electrons. The Hall–Kier alpha value is -5.29. The van der Waals surface area contributed by atoms with Crippen LogP contribution >= 0.6 is 11.6 Å². The highest BCUT2D eigenvalue weighted by molar-refractivity contribution is 6.29. The van der Waals surface area contributed by atoms with Gasteiger partial charge >= 0.3 is 0 Å². The number of hydrogen-bond acceptors (Lipinski definition) is 9. The zero-order chi connectivity index (χ0) is 31.7. The molecule has 0 atom stereocenters. The zero-order valence-electron chi connectivity index (χ0n) is 25.9. The lowest BCUT2D eigenvalue weighted by Crippen LogP contribution is -2.00. The van der Waals surface area contributed by atoms with Gasteiger partial charge in [-0.05, 0) is 67.8 Å². The van der Waals surface area contributed by atoms with Crippen molar-refractivity contribution < 1.29 is 0 Å². The Morgan fingerprint density at radius 3 is 1.82 bits per heavy atom. The lowest BCUT2D eigenvalue weighted by molar-refractivity contribution is 0.756.